The van der Waals surface area contributed by atoms with Gasteiger partial charge in [0.15, 0.2) is 0 Å². The van der Waals surface area contributed by atoms with Crippen molar-refractivity contribution in [3.8, 4) is 0 Å². The zero-order chi connectivity index (χ0) is 11.4. The van der Waals surface area contributed by atoms with Crippen molar-refractivity contribution >= 4 is 11.8 Å². The highest BCUT2D eigenvalue weighted by Crippen LogP contribution is 2.11. The zero-order valence-electron chi connectivity index (χ0n) is 8.86. The van der Waals surface area contributed by atoms with Gasteiger partial charge >= 0.3 is 0 Å². The first-order chi connectivity index (χ1) is 7.06. The van der Waals surface area contributed by atoms with Gasteiger partial charge in [0.2, 0.25) is 5.91 Å². The maximum atomic E-state index is 11.5. The van der Waals surface area contributed by atoms with Gasteiger partial charge in [0.25, 0.3) is 5.91 Å². The largest absolute Gasteiger partial charge is 0.368 e. The van der Waals surface area contributed by atoms with Gasteiger partial charge in [-0.15, -0.1) is 0 Å². The number of nitrogens with one attached hydrogen (secondary N) is 1. The smallest absolute Gasteiger partial charge is 0.251 e. The molecular weight excluding hydrogens is 194 g/mol. The summed E-state index contributed by atoms with van der Waals surface area (Å²) in [6.07, 6.45) is 4.89. The van der Waals surface area contributed by atoms with Gasteiger partial charge < -0.3 is 16.0 Å². The number of primary amides is 1. The molecule has 0 aromatic heterocycles. The molecule has 1 rings (SSSR count). The van der Waals surface area contributed by atoms with Gasteiger partial charge in [0.1, 0.15) is 6.04 Å². The van der Waals surface area contributed by atoms with E-state index in [9.17, 15) is 9.59 Å². The summed E-state index contributed by atoms with van der Waals surface area (Å²) in [5, 5.41) is 2.66. The van der Waals surface area contributed by atoms with Crippen molar-refractivity contribution in [3.05, 3.63) is 23.9 Å². The van der Waals surface area contributed by atoms with E-state index >= 15 is 0 Å². The van der Waals surface area contributed by atoms with E-state index in [0.717, 1.165) is 0 Å². The Morgan fingerprint density at radius 1 is 1.60 bits per heavy atom. The number of hydrogen-bond donors (Lipinski definition) is 2. The maximum Gasteiger partial charge on any atom is 0.251 e. The number of carbonyl (C=O) groups excluding carboxylic acids is 2. The molecule has 5 nitrogen and oxygen atoms in total. The fourth-order valence-corrected chi connectivity index (χ4v) is 1.33. The Labute approximate surface area is 88.6 Å². The molecule has 0 aliphatic carbocycles. The van der Waals surface area contributed by atoms with Crippen LogP contribution in [0.2, 0.25) is 0 Å². The van der Waals surface area contributed by atoms with Crippen molar-refractivity contribution in [1.82, 2.24) is 10.2 Å². The molecule has 0 bridgehead atoms. The van der Waals surface area contributed by atoms with Crippen LogP contribution in [-0.4, -0.2) is 36.3 Å². The lowest BCUT2D eigenvalue weighted by Gasteiger charge is -2.25. The highest BCUT2D eigenvalue weighted by Gasteiger charge is 2.21. The highest BCUT2D eigenvalue weighted by molar-refractivity contribution is 5.98. The van der Waals surface area contributed by atoms with Crippen LogP contribution in [0.5, 0.6) is 0 Å². The molecule has 1 heterocycles. The van der Waals surface area contributed by atoms with Crippen LogP contribution < -0.4 is 11.1 Å². The number of amides is 2. The van der Waals surface area contributed by atoms with Crippen LogP contribution in [0.4, 0.5) is 0 Å². The predicted molar refractivity (Wildman–Crippen MR) is 56.7 cm³/mol. The normalized spacial score (nSPS) is 19.7. The average Bonchev–Trinajstić information content (AvgIpc) is 2.18. The monoisotopic (exact) mass is 209 g/mol. The minimum atomic E-state index is -0.549. The molecular formula is C10H15N3O2. The van der Waals surface area contributed by atoms with Gasteiger partial charge in [-0.05, 0) is 19.1 Å². The lowest BCUT2D eigenvalue weighted by Crippen LogP contribution is -2.41. The molecule has 0 aromatic carbocycles. The second-order valence-corrected chi connectivity index (χ2v) is 3.31. The summed E-state index contributed by atoms with van der Waals surface area (Å²) in [5.41, 5.74) is 5.67. The molecule has 0 aromatic rings. The molecule has 0 fully saturated rings. The maximum absolute atomic E-state index is 11.5. The van der Waals surface area contributed by atoms with E-state index in [-0.39, 0.29) is 5.91 Å². The predicted octanol–water partition coefficient (Wildman–Crippen LogP) is -0.638. The van der Waals surface area contributed by atoms with E-state index in [1.165, 1.54) is 0 Å². The van der Waals surface area contributed by atoms with Crippen LogP contribution in [0, 0.1) is 0 Å². The molecule has 82 valence electrons. The second-order valence-electron chi connectivity index (χ2n) is 3.31. The SMILES string of the molecule is CCNC(=O)C1=CC(C(N)=O)N(C)C=C1. The minimum absolute atomic E-state index is 0.187. The van der Waals surface area contributed by atoms with Crippen molar-refractivity contribution in [2.75, 3.05) is 13.6 Å². The molecule has 2 amide bonds. The molecule has 5 heteroatoms. The number of hydrogen-bond acceptors (Lipinski definition) is 3. The van der Waals surface area contributed by atoms with Crippen LogP contribution in [0.25, 0.3) is 0 Å². The second kappa shape index (κ2) is 4.63. The van der Waals surface area contributed by atoms with Crippen molar-refractivity contribution < 1.29 is 9.59 Å². The van der Waals surface area contributed by atoms with E-state index in [2.05, 4.69) is 5.32 Å². The Morgan fingerprint density at radius 3 is 2.80 bits per heavy atom. The number of carbonyl (C=O) groups is 2. The molecule has 0 spiro atoms. The molecule has 1 unspecified atom stereocenters. The standard InChI is InChI=1S/C10H15N3O2/c1-3-12-10(15)7-4-5-13(2)8(6-7)9(11)14/h4-6,8H,3H2,1-2H3,(H2,11,14)(H,12,15). The molecule has 0 saturated carbocycles. The fourth-order valence-electron chi connectivity index (χ4n) is 1.33. The fraction of sp³-hybridized carbons (Fsp3) is 0.400. The van der Waals surface area contributed by atoms with Gasteiger partial charge in [0.05, 0.1) is 0 Å². The molecule has 15 heavy (non-hydrogen) atoms. The summed E-state index contributed by atoms with van der Waals surface area (Å²) in [6, 6.07) is -0.549. The Bertz CT molecular complexity index is 334. The topological polar surface area (TPSA) is 75.4 Å². The van der Waals surface area contributed by atoms with E-state index < -0.39 is 11.9 Å². The number of nitrogens with zero attached hydrogens (tertiary/aromatic N) is 1. The van der Waals surface area contributed by atoms with Crippen LogP contribution in [0.1, 0.15) is 6.92 Å². The number of likely N-dealkylation sites (N-methyl/N-ethyl adjacent to an activating group) is 2. The Morgan fingerprint density at radius 2 is 2.27 bits per heavy atom. The lowest BCUT2D eigenvalue weighted by atomic mass is 10.1. The third-order valence-electron chi connectivity index (χ3n) is 2.16. The van der Waals surface area contributed by atoms with Gasteiger partial charge in [-0.1, -0.05) is 0 Å². The first-order valence-electron chi connectivity index (χ1n) is 4.75. The quantitative estimate of drug-likeness (QED) is 0.649. The van der Waals surface area contributed by atoms with Crippen LogP contribution >= 0.6 is 0 Å². The van der Waals surface area contributed by atoms with E-state index in [1.54, 1.807) is 30.3 Å². The molecule has 0 saturated heterocycles. The molecule has 1 aliphatic heterocycles. The van der Waals surface area contributed by atoms with Crippen molar-refractivity contribution in [3.63, 3.8) is 0 Å². The molecule has 1 atom stereocenters. The van der Waals surface area contributed by atoms with Crippen LogP contribution in [0.3, 0.4) is 0 Å². The highest BCUT2D eigenvalue weighted by atomic mass is 16.2. The minimum Gasteiger partial charge on any atom is -0.368 e. The van der Waals surface area contributed by atoms with E-state index in [4.69, 9.17) is 5.73 Å². The summed E-state index contributed by atoms with van der Waals surface area (Å²) in [7, 11) is 1.73. The summed E-state index contributed by atoms with van der Waals surface area (Å²) in [6.45, 7) is 2.39. The zero-order valence-corrected chi connectivity index (χ0v) is 8.86. The molecule has 0 radical (unpaired) electrons. The first-order valence-corrected chi connectivity index (χ1v) is 4.75. The van der Waals surface area contributed by atoms with Gasteiger partial charge in [-0.3, -0.25) is 9.59 Å². The third-order valence-corrected chi connectivity index (χ3v) is 2.16. The average molecular weight is 209 g/mol. The summed E-state index contributed by atoms with van der Waals surface area (Å²) in [5.74, 6) is -0.656. The van der Waals surface area contributed by atoms with Crippen LogP contribution in [-0.2, 0) is 9.59 Å². The van der Waals surface area contributed by atoms with Gasteiger partial charge in [0, 0.05) is 25.4 Å². The Kier molecular flexibility index (Phi) is 3.49. The summed E-state index contributed by atoms with van der Waals surface area (Å²) >= 11 is 0. The van der Waals surface area contributed by atoms with E-state index in [1.807, 2.05) is 6.92 Å². The van der Waals surface area contributed by atoms with Crippen LogP contribution in [0.15, 0.2) is 23.9 Å². The van der Waals surface area contributed by atoms with E-state index in [0.29, 0.717) is 12.1 Å². The van der Waals surface area contributed by atoms with Gasteiger partial charge in [-0.2, -0.15) is 0 Å². The van der Waals surface area contributed by atoms with Gasteiger partial charge in [-0.25, -0.2) is 0 Å². The third kappa shape index (κ3) is 2.59. The number of rotatable bonds is 3. The summed E-state index contributed by atoms with van der Waals surface area (Å²) in [4.78, 5) is 24.2. The van der Waals surface area contributed by atoms with Crippen molar-refractivity contribution in [2.45, 2.75) is 13.0 Å². The lowest BCUT2D eigenvalue weighted by molar-refractivity contribution is -0.120. The van der Waals surface area contributed by atoms with Crippen molar-refractivity contribution in [2.24, 2.45) is 5.73 Å². The van der Waals surface area contributed by atoms with Crippen molar-refractivity contribution in [1.29, 1.82) is 0 Å². The number of nitrogens with two attached hydrogens (primary N) is 1. The first kappa shape index (κ1) is 11.3. The molecule has 3 N–H and O–H groups in total. The Balaban J connectivity index is 2.83. The Hall–Kier alpha value is -1.78. The summed E-state index contributed by atoms with van der Waals surface area (Å²) < 4.78 is 0. The molecule has 1 aliphatic rings.